The van der Waals surface area contributed by atoms with Crippen molar-refractivity contribution in [2.45, 2.75) is 50.6 Å². The molecule has 4 nitrogen and oxygen atoms in total. The van der Waals surface area contributed by atoms with Gasteiger partial charge in [0.1, 0.15) is 0 Å². The molecule has 0 aromatic heterocycles. The molecule has 0 aromatic carbocycles. The first-order valence-electron chi connectivity index (χ1n) is 6.85. The van der Waals surface area contributed by atoms with E-state index in [0.717, 1.165) is 38.8 Å². The number of likely N-dealkylation sites (N-methyl/N-ethyl adjacent to an activating group) is 1. The summed E-state index contributed by atoms with van der Waals surface area (Å²) in [5, 5.41) is 0. The topological polar surface area (TPSA) is 49.6 Å². The number of rotatable bonds is 4. The van der Waals surface area contributed by atoms with Crippen molar-refractivity contribution in [2.75, 3.05) is 26.7 Å². The molecule has 2 fully saturated rings. The highest BCUT2D eigenvalue weighted by molar-refractivity contribution is 5.89. The molecule has 1 saturated carbocycles. The van der Waals surface area contributed by atoms with Crippen LogP contribution in [-0.4, -0.2) is 54.0 Å². The molecule has 1 aliphatic heterocycles. The van der Waals surface area contributed by atoms with Crippen molar-refractivity contribution in [3.63, 3.8) is 0 Å². The molecule has 2 aliphatic rings. The number of likely N-dealkylation sites (tertiary alicyclic amines) is 1. The standard InChI is InChI=1S/C13H25N3O/c1-3-8-16-9-4-11(5-10-16)15(2)12(17)13(14)6-7-13/h11H,3-10,14H2,1-2H3. The van der Waals surface area contributed by atoms with Crippen LogP contribution in [0.3, 0.4) is 0 Å². The molecule has 1 aliphatic carbocycles. The van der Waals surface area contributed by atoms with Gasteiger partial charge in [-0.05, 0) is 38.6 Å². The number of hydrogen-bond donors (Lipinski definition) is 1. The van der Waals surface area contributed by atoms with Gasteiger partial charge in [-0.3, -0.25) is 4.79 Å². The van der Waals surface area contributed by atoms with Crippen LogP contribution >= 0.6 is 0 Å². The summed E-state index contributed by atoms with van der Waals surface area (Å²) in [4.78, 5) is 16.5. The molecule has 0 aromatic rings. The van der Waals surface area contributed by atoms with Gasteiger partial charge in [-0.2, -0.15) is 0 Å². The van der Waals surface area contributed by atoms with Crippen LogP contribution < -0.4 is 5.73 Å². The zero-order chi connectivity index (χ0) is 12.5. The summed E-state index contributed by atoms with van der Waals surface area (Å²) in [6.45, 7) is 5.64. The molecule has 1 amide bonds. The lowest BCUT2D eigenvalue weighted by Crippen LogP contribution is -2.51. The minimum absolute atomic E-state index is 0.159. The number of nitrogens with two attached hydrogens (primary N) is 1. The summed E-state index contributed by atoms with van der Waals surface area (Å²) in [5.41, 5.74) is 5.47. The summed E-state index contributed by atoms with van der Waals surface area (Å²) in [6, 6.07) is 0.400. The third-order valence-electron chi connectivity index (χ3n) is 4.18. The van der Waals surface area contributed by atoms with E-state index in [-0.39, 0.29) is 5.91 Å². The fourth-order valence-electron chi connectivity index (χ4n) is 2.71. The highest BCUT2D eigenvalue weighted by Crippen LogP contribution is 2.35. The first-order valence-corrected chi connectivity index (χ1v) is 6.85. The van der Waals surface area contributed by atoms with E-state index >= 15 is 0 Å². The highest BCUT2D eigenvalue weighted by Gasteiger charge is 2.48. The lowest BCUT2D eigenvalue weighted by atomic mass is 10.0. The van der Waals surface area contributed by atoms with E-state index in [1.807, 2.05) is 11.9 Å². The Bertz CT molecular complexity index is 280. The van der Waals surface area contributed by atoms with Gasteiger partial charge in [0.25, 0.3) is 0 Å². The smallest absolute Gasteiger partial charge is 0.242 e. The maximum Gasteiger partial charge on any atom is 0.242 e. The van der Waals surface area contributed by atoms with Gasteiger partial charge >= 0.3 is 0 Å². The number of carbonyl (C=O) groups excluding carboxylic acids is 1. The average molecular weight is 239 g/mol. The zero-order valence-corrected chi connectivity index (χ0v) is 11.1. The van der Waals surface area contributed by atoms with E-state index in [2.05, 4.69) is 11.8 Å². The van der Waals surface area contributed by atoms with E-state index in [1.54, 1.807) is 0 Å². The largest absolute Gasteiger partial charge is 0.341 e. The Hall–Kier alpha value is -0.610. The highest BCUT2D eigenvalue weighted by atomic mass is 16.2. The van der Waals surface area contributed by atoms with Gasteiger partial charge in [-0.25, -0.2) is 0 Å². The number of amides is 1. The van der Waals surface area contributed by atoms with Crippen LogP contribution in [-0.2, 0) is 4.79 Å². The fraction of sp³-hybridized carbons (Fsp3) is 0.923. The third-order valence-corrected chi connectivity index (χ3v) is 4.18. The molecule has 0 unspecified atom stereocenters. The van der Waals surface area contributed by atoms with E-state index in [4.69, 9.17) is 5.73 Å². The quantitative estimate of drug-likeness (QED) is 0.790. The predicted molar refractivity (Wildman–Crippen MR) is 68.7 cm³/mol. The van der Waals surface area contributed by atoms with Crippen molar-refractivity contribution in [1.82, 2.24) is 9.80 Å². The molecule has 1 saturated heterocycles. The lowest BCUT2D eigenvalue weighted by molar-refractivity contribution is -0.135. The second kappa shape index (κ2) is 4.94. The summed E-state index contributed by atoms with van der Waals surface area (Å²) in [5.74, 6) is 0.159. The van der Waals surface area contributed by atoms with Crippen molar-refractivity contribution in [2.24, 2.45) is 5.73 Å². The SMILES string of the molecule is CCCN1CCC(N(C)C(=O)C2(N)CC2)CC1. The van der Waals surface area contributed by atoms with Crippen LogP contribution in [0.5, 0.6) is 0 Å². The summed E-state index contributed by atoms with van der Waals surface area (Å²) >= 11 is 0. The normalized spacial score (nSPS) is 24.6. The van der Waals surface area contributed by atoms with Crippen molar-refractivity contribution < 1.29 is 4.79 Å². The molecule has 0 atom stereocenters. The Morgan fingerprint density at radius 1 is 1.41 bits per heavy atom. The van der Waals surface area contributed by atoms with Crippen molar-refractivity contribution >= 4 is 5.91 Å². The van der Waals surface area contributed by atoms with Gasteiger partial charge in [0.2, 0.25) is 5.91 Å². The number of nitrogens with zero attached hydrogens (tertiary/aromatic N) is 2. The summed E-state index contributed by atoms with van der Waals surface area (Å²) < 4.78 is 0. The van der Waals surface area contributed by atoms with Crippen LogP contribution in [0.25, 0.3) is 0 Å². The number of piperidine rings is 1. The van der Waals surface area contributed by atoms with Crippen LogP contribution in [0.15, 0.2) is 0 Å². The average Bonchev–Trinajstić information content (AvgIpc) is 3.08. The molecule has 2 rings (SSSR count). The van der Waals surface area contributed by atoms with Crippen molar-refractivity contribution in [1.29, 1.82) is 0 Å². The molecule has 98 valence electrons. The molecular formula is C13H25N3O. The predicted octanol–water partition coefficient (Wildman–Crippen LogP) is 0.811. The van der Waals surface area contributed by atoms with Gasteiger partial charge in [0.05, 0.1) is 5.54 Å². The van der Waals surface area contributed by atoms with Gasteiger partial charge < -0.3 is 15.5 Å². The lowest BCUT2D eigenvalue weighted by Gasteiger charge is -2.37. The first-order chi connectivity index (χ1) is 8.07. The summed E-state index contributed by atoms with van der Waals surface area (Å²) in [6.07, 6.45) is 5.14. The Morgan fingerprint density at radius 3 is 2.47 bits per heavy atom. The molecule has 0 spiro atoms. The second-order valence-corrected chi connectivity index (χ2v) is 5.65. The van der Waals surface area contributed by atoms with E-state index < -0.39 is 5.54 Å². The molecule has 0 radical (unpaired) electrons. The van der Waals surface area contributed by atoms with Crippen LogP contribution in [0.2, 0.25) is 0 Å². The molecular weight excluding hydrogens is 214 g/mol. The van der Waals surface area contributed by atoms with Crippen molar-refractivity contribution in [3.8, 4) is 0 Å². The van der Waals surface area contributed by atoms with E-state index in [0.29, 0.717) is 6.04 Å². The van der Waals surface area contributed by atoms with Crippen LogP contribution in [0, 0.1) is 0 Å². The Labute approximate surface area is 104 Å². The van der Waals surface area contributed by atoms with Gasteiger partial charge in [-0.15, -0.1) is 0 Å². The molecule has 4 heteroatoms. The first kappa shape index (κ1) is 12.8. The minimum atomic E-state index is -0.505. The monoisotopic (exact) mass is 239 g/mol. The fourth-order valence-corrected chi connectivity index (χ4v) is 2.71. The zero-order valence-electron chi connectivity index (χ0n) is 11.1. The van der Waals surface area contributed by atoms with Crippen molar-refractivity contribution in [3.05, 3.63) is 0 Å². The minimum Gasteiger partial charge on any atom is -0.341 e. The third kappa shape index (κ3) is 2.80. The van der Waals surface area contributed by atoms with E-state index in [9.17, 15) is 4.79 Å². The molecule has 1 heterocycles. The Morgan fingerprint density at radius 2 is 2.00 bits per heavy atom. The van der Waals surface area contributed by atoms with E-state index in [1.165, 1.54) is 13.0 Å². The van der Waals surface area contributed by atoms with Gasteiger partial charge in [0, 0.05) is 26.2 Å². The Balaban J connectivity index is 1.82. The van der Waals surface area contributed by atoms with Crippen LogP contribution in [0.4, 0.5) is 0 Å². The maximum atomic E-state index is 12.1. The molecule has 17 heavy (non-hydrogen) atoms. The second-order valence-electron chi connectivity index (χ2n) is 5.65. The van der Waals surface area contributed by atoms with Gasteiger partial charge in [0.15, 0.2) is 0 Å². The Kier molecular flexibility index (Phi) is 3.73. The summed E-state index contributed by atoms with van der Waals surface area (Å²) in [7, 11) is 1.93. The molecule has 0 bridgehead atoms. The number of hydrogen-bond acceptors (Lipinski definition) is 3. The maximum absolute atomic E-state index is 12.1. The number of carbonyl (C=O) groups is 1. The van der Waals surface area contributed by atoms with Gasteiger partial charge in [-0.1, -0.05) is 6.92 Å². The molecule has 2 N–H and O–H groups in total. The van der Waals surface area contributed by atoms with Crippen LogP contribution in [0.1, 0.15) is 39.0 Å².